The molecule has 0 spiro atoms. The summed E-state index contributed by atoms with van der Waals surface area (Å²) < 4.78 is 5.26. The van der Waals surface area contributed by atoms with Gasteiger partial charge >= 0.3 is 0 Å². The summed E-state index contributed by atoms with van der Waals surface area (Å²) in [5, 5.41) is 12.1. The first-order valence-corrected chi connectivity index (χ1v) is 8.78. The number of anilines is 1. The molecule has 2 aromatic rings. The van der Waals surface area contributed by atoms with Gasteiger partial charge in [-0.15, -0.1) is 0 Å². The number of hydrazine groups is 1. The largest absolute Gasteiger partial charge is 0.497 e. The van der Waals surface area contributed by atoms with Crippen LogP contribution in [0.2, 0.25) is 0 Å². The van der Waals surface area contributed by atoms with Gasteiger partial charge in [0.1, 0.15) is 11.3 Å². The molecule has 0 bridgehead atoms. The predicted octanol–water partition coefficient (Wildman–Crippen LogP) is 2.74. The first-order chi connectivity index (χ1) is 12.0. The summed E-state index contributed by atoms with van der Waals surface area (Å²) >= 11 is 11.2. The monoisotopic (exact) mass is 370 g/mol. The van der Waals surface area contributed by atoms with Crippen molar-refractivity contribution in [1.29, 1.82) is 0 Å². The van der Waals surface area contributed by atoms with E-state index in [1.165, 1.54) is 0 Å². The zero-order chi connectivity index (χ0) is 17.6. The minimum absolute atomic E-state index is 0.110. The first-order valence-electron chi connectivity index (χ1n) is 7.96. The van der Waals surface area contributed by atoms with Gasteiger partial charge in [-0.05, 0) is 61.2 Å². The van der Waals surface area contributed by atoms with E-state index in [4.69, 9.17) is 29.2 Å². The molecule has 2 atom stereocenters. The predicted molar refractivity (Wildman–Crippen MR) is 106 cm³/mol. The molecule has 2 fully saturated rings. The van der Waals surface area contributed by atoms with Gasteiger partial charge in [0.05, 0.1) is 12.8 Å². The maximum atomic E-state index is 5.63. The van der Waals surface area contributed by atoms with E-state index in [2.05, 4.69) is 17.6 Å². The van der Waals surface area contributed by atoms with E-state index >= 15 is 0 Å². The quantitative estimate of drug-likeness (QED) is 0.805. The molecule has 0 amide bonds. The third kappa shape index (κ3) is 2.42. The highest BCUT2D eigenvalue weighted by Gasteiger charge is 2.55. The maximum absolute atomic E-state index is 5.63. The van der Waals surface area contributed by atoms with Crippen molar-refractivity contribution in [3.05, 3.63) is 60.2 Å². The van der Waals surface area contributed by atoms with Crippen LogP contribution in [-0.2, 0) is 5.54 Å². The molecule has 2 aromatic carbocycles. The summed E-state index contributed by atoms with van der Waals surface area (Å²) in [6, 6.07) is 18.0. The lowest BCUT2D eigenvalue weighted by Crippen LogP contribution is -2.49. The molecule has 0 aliphatic carbocycles. The standard InChI is InChI=1S/C18H18N4OS2/c1-18(12-8-10-14(23-2)11-9-12)15-19-16(24)21(22(15)17(25)20-18)13-6-4-3-5-7-13/h3-11,15H,1-2H3,(H,19,24)(H,20,25)/t15-,18+/m0/s1. The topological polar surface area (TPSA) is 39.8 Å². The Hall–Kier alpha value is -2.38. The van der Waals surface area contributed by atoms with Crippen molar-refractivity contribution >= 4 is 40.3 Å². The molecular formula is C18H18N4OS2. The molecule has 0 aromatic heterocycles. The molecule has 2 aliphatic rings. The van der Waals surface area contributed by atoms with E-state index in [9.17, 15) is 0 Å². The van der Waals surface area contributed by atoms with E-state index in [-0.39, 0.29) is 6.17 Å². The summed E-state index contributed by atoms with van der Waals surface area (Å²) in [5.74, 6) is 0.825. The van der Waals surface area contributed by atoms with Crippen molar-refractivity contribution in [2.24, 2.45) is 0 Å². The molecule has 25 heavy (non-hydrogen) atoms. The van der Waals surface area contributed by atoms with E-state index in [1.807, 2.05) is 64.6 Å². The number of methoxy groups -OCH3 is 1. The highest BCUT2D eigenvalue weighted by molar-refractivity contribution is 7.81. The molecule has 2 N–H and O–H groups in total. The maximum Gasteiger partial charge on any atom is 0.194 e. The summed E-state index contributed by atoms with van der Waals surface area (Å²) in [6.45, 7) is 2.12. The minimum Gasteiger partial charge on any atom is -0.497 e. The van der Waals surface area contributed by atoms with Gasteiger partial charge in [-0.1, -0.05) is 30.3 Å². The van der Waals surface area contributed by atoms with Crippen LogP contribution in [0.25, 0.3) is 0 Å². The minimum atomic E-state index is -0.420. The van der Waals surface area contributed by atoms with E-state index in [0.29, 0.717) is 10.2 Å². The van der Waals surface area contributed by atoms with Gasteiger partial charge in [0.15, 0.2) is 16.4 Å². The average Bonchev–Trinajstić information content (AvgIpc) is 3.11. The normalized spacial score (nSPS) is 24.8. The van der Waals surface area contributed by atoms with Crippen LogP contribution in [0.15, 0.2) is 54.6 Å². The molecule has 0 unspecified atom stereocenters. The highest BCUT2D eigenvalue weighted by atomic mass is 32.1. The Morgan fingerprint density at radius 1 is 1.00 bits per heavy atom. The molecule has 2 saturated heterocycles. The molecule has 2 heterocycles. The third-order valence-electron chi connectivity index (χ3n) is 4.72. The molecule has 2 aliphatic heterocycles. The van der Waals surface area contributed by atoms with Crippen molar-refractivity contribution < 1.29 is 4.74 Å². The number of nitrogens with zero attached hydrogens (tertiary/aromatic N) is 2. The lowest BCUT2D eigenvalue weighted by molar-refractivity contribution is 0.264. The van der Waals surface area contributed by atoms with E-state index in [1.54, 1.807) is 7.11 Å². The lowest BCUT2D eigenvalue weighted by Gasteiger charge is -2.31. The Balaban J connectivity index is 1.72. The van der Waals surface area contributed by atoms with Gasteiger partial charge in [-0.3, -0.25) is 0 Å². The van der Waals surface area contributed by atoms with Crippen LogP contribution in [0.3, 0.4) is 0 Å². The zero-order valence-corrected chi connectivity index (χ0v) is 15.5. The van der Waals surface area contributed by atoms with E-state index in [0.717, 1.165) is 17.0 Å². The number of thiocarbonyl (C=S) groups is 2. The van der Waals surface area contributed by atoms with Gasteiger partial charge in [0.2, 0.25) is 0 Å². The molecular weight excluding hydrogens is 352 g/mol. The number of hydrogen-bond donors (Lipinski definition) is 2. The highest BCUT2D eigenvalue weighted by Crippen LogP contribution is 2.38. The van der Waals surface area contributed by atoms with Gasteiger partial charge in [0.25, 0.3) is 0 Å². The van der Waals surface area contributed by atoms with Gasteiger partial charge in [0, 0.05) is 0 Å². The number of ether oxygens (including phenoxy) is 1. The van der Waals surface area contributed by atoms with Crippen LogP contribution in [0.4, 0.5) is 5.69 Å². The number of rotatable bonds is 3. The second kappa shape index (κ2) is 5.86. The molecule has 5 nitrogen and oxygen atoms in total. The fourth-order valence-electron chi connectivity index (χ4n) is 3.38. The van der Waals surface area contributed by atoms with Crippen LogP contribution >= 0.6 is 24.4 Å². The molecule has 0 saturated carbocycles. The Labute approximate surface area is 157 Å². The number of benzene rings is 2. The van der Waals surface area contributed by atoms with Crippen LogP contribution in [-0.4, -0.2) is 28.5 Å². The second-order valence-electron chi connectivity index (χ2n) is 6.20. The molecule has 128 valence electrons. The smallest absolute Gasteiger partial charge is 0.194 e. The summed E-state index contributed by atoms with van der Waals surface area (Å²) in [6.07, 6.45) is -0.110. The van der Waals surface area contributed by atoms with Gasteiger partial charge in [-0.2, -0.15) is 0 Å². The lowest BCUT2D eigenvalue weighted by atomic mass is 9.90. The second-order valence-corrected chi connectivity index (χ2v) is 6.98. The Morgan fingerprint density at radius 2 is 1.68 bits per heavy atom. The summed E-state index contributed by atoms with van der Waals surface area (Å²) in [7, 11) is 1.66. The fraction of sp³-hybridized carbons (Fsp3) is 0.222. The first kappa shape index (κ1) is 16.1. The van der Waals surface area contributed by atoms with Crippen molar-refractivity contribution in [2.45, 2.75) is 18.6 Å². The number of fused-ring (bicyclic) bond motifs is 1. The third-order valence-corrected chi connectivity index (χ3v) is 5.30. The van der Waals surface area contributed by atoms with Crippen LogP contribution in [0.1, 0.15) is 12.5 Å². The molecule has 7 heteroatoms. The van der Waals surface area contributed by atoms with Crippen LogP contribution in [0.5, 0.6) is 5.75 Å². The summed E-state index contributed by atoms with van der Waals surface area (Å²) in [5.41, 5.74) is 1.66. The van der Waals surface area contributed by atoms with Gasteiger partial charge in [-0.25, -0.2) is 10.0 Å². The Bertz CT molecular complexity index is 827. The number of para-hydroxylation sites is 1. The Kier molecular flexibility index (Phi) is 3.77. The SMILES string of the molecule is COc1ccc([C@@]2(C)NC(=S)N3[C@@H]2NC(=S)N3c2ccccc2)cc1. The number of hydrogen-bond acceptors (Lipinski definition) is 3. The number of nitrogens with one attached hydrogen (secondary N) is 2. The Morgan fingerprint density at radius 3 is 2.32 bits per heavy atom. The van der Waals surface area contributed by atoms with Crippen molar-refractivity contribution in [1.82, 2.24) is 15.6 Å². The van der Waals surface area contributed by atoms with Gasteiger partial charge < -0.3 is 15.4 Å². The summed E-state index contributed by atoms with van der Waals surface area (Å²) in [4.78, 5) is 0. The van der Waals surface area contributed by atoms with Crippen molar-refractivity contribution in [3.8, 4) is 5.75 Å². The van der Waals surface area contributed by atoms with Crippen molar-refractivity contribution in [2.75, 3.05) is 12.1 Å². The van der Waals surface area contributed by atoms with Crippen LogP contribution < -0.4 is 20.4 Å². The zero-order valence-electron chi connectivity index (χ0n) is 13.9. The average molecular weight is 371 g/mol. The van der Waals surface area contributed by atoms with E-state index < -0.39 is 5.54 Å². The molecule has 0 radical (unpaired) electrons. The fourth-order valence-corrected chi connectivity index (χ4v) is 4.08. The van der Waals surface area contributed by atoms with Crippen molar-refractivity contribution in [3.63, 3.8) is 0 Å². The molecule has 4 rings (SSSR count). The van der Waals surface area contributed by atoms with Crippen LogP contribution in [0, 0.1) is 0 Å².